The molecule has 0 aliphatic rings. The highest BCUT2D eigenvalue weighted by Crippen LogP contribution is 2.08. The van der Waals surface area contributed by atoms with Crippen molar-refractivity contribution in [3.8, 4) is 11.8 Å². The van der Waals surface area contributed by atoms with Crippen molar-refractivity contribution in [2.75, 3.05) is 13.1 Å². The lowest BCUT2D eigenvalue weighted by atomic mass is 10.2. The third-order valence-electron chi connectivity index (χ3n) is 1.80. The molecule has 1 aromatic carbocycles. The van der Waals surface area contributed by atoms with Gasteiger partial charge in [0, 0.05) is 17.1 Å². The van der Waals surface area contributed by atoms with Crippen molar-refractivity contribution >= 4 is 17.6 Å². The Balaban J connectivity index is 2.36. The van der Waals surface area contributed by atoms with Crippen molar-refractivity contribution in [2.45, 2.75) is 0 Å². The van der Waals surface area contributed by atoms with E-state index in [9.17, 15) is 4.79 Å². The number of carbonyl (C=O) groups is 1. The molecular weight excluding hydrogens is 236 g/mol. The first kappa shape index (κ1) is 13.1. The maximum atomic E-state index is 11.1. The summed E-state index contributed by atoms with van der Waals surface area (Å²) in [5.41, 5.74) is 0.825. The van der Waals surface area contributed by atoms with Crippen molar-refractivity contribution in [1.82, 2.24) is 10.6 Å². The Bertz CT molecular complexity index is 460. The minimum Gasteiger partial charge on any atom is -0.335 e. The van der Waals surface area contributed by atoms with Gasteiger partial charge >= 0.3 is 6.03 Å². The Kier molecular flexibility index (Phi) is 5.70. The highest BCUT2D eigenvalue weighted by Gasteiger charge is 1.93. The highest BCUT2D eigenvalue weighted by molar-refractivity contribution is 6.30. The lowest BCUT2D eigenvalue weighted by Gasteiger charge is -2.00. The van der Waals surface area contributed by atoms with Gasteiger partial charge in [0.05, 0.1) is 6.54 Å². The molecule has 88 valence electrons. The molecule has 0 fully saturated rings. The van der Waals surface area contributed by atoms with Crippen LogP contribution in [0.2, 0.25) is 5.02 Å². The van der Waals surface area contributed by atoms with Gasteiger partial charge in [-0.15, -0.1) is 6.58 Å². The van der Waals surface area contributed by atoms with Crippen LogP contribution < -0.4 is 10.6 Å². The topological polar surface area (TPSA) is 41.1 Å². The maximum absolute atomic E-state index is 11.1. The van der Waals surface area contributed by atoms with Crippen LogP contribution in [0.3, 0.4) is 0 Å². The summed E-state index contributed by atoms with van der Waals surface area (Å²) in [4.78, 5) is 11.1. The van der Waals surface area contributed by atoms with E-state index in [1.165, 1.54) is 0 Å². The van der Waals surface area contributed by atoms with Gasteiger partial charge < -0.3 is 10.6 Å². The number of hydrogen-bond donors (Lipinski definition) is 2. The quantitative estimate of drug-likeness (QED) is 0.625. The third kappa shape index (κ3) is 5.64. The predicted octanol–water partition coefficient (Wildman–Crippen LogP) is 2.18. The fourth-order valence-corrected chi connectivity index (χ4v) is 1.25. The first-order valence-electron chi connectivity index (χ1n) is 5.09. The molecule has 3 nitrogen and oxygen atoms in total. The monoisotopic (exact) mass is 248 g/mol. The van der Waals surface area contributed by atoms with Crippen LogP contribution in [0.25, 0.3) is 0 Å². The van der Waals surface area contributed by atoms with E-state index in [2.05, 4.69) is 29.1 Å². The molecule has 1 aromatic rings. The summed E-state index contributed by atoms with van der Waals surface area (Å²) in [6, 6.07) is 6.98. The summed E-state index contributed by atoms with van der Waals surface area (Å²) in [5, 5.41) is 5.83. The van der Waals surface area contributed by atoms with Gasteiger partial charge in [-0.3, -0.25) is 0 Å². The van der Waals surface area contributed by atoms with Crippen LogP contribution in [0.1, 0.15) is 5.56 Å². The third-order valence-corrected chi connectivity index (χ3v) is 2.04. The minimum absolute atomic E-state index is 0.259. The van der Waals surface area contributed by atoms with E-state index in [1.807, 2.05) is 12.1 Å². The van der Waals surface area contributed by atoms with Crippen molar-refractivity contribution < 1.29 is 4.79 Å². The zero-order valence-electron chi connectivity index (χ0n) is 9.29. The van der Waals surface area contributed by atoms with Crippen molar-refractivity contribution in [3.05, 3.63) is 47.5 Å². The molecule has 0 spiro atoms. The molecule has 2 N–H and O–H groups in total. The number of rotatable bonds is 3. The van der Waals surface area contributed by atoms with Crippen LogP contribution in [0.15, 0.2) is 36.9 Å². The van der Waals surface area contributed by atoms with Gasteiger partial charge in [-0.25, -0.2) is 4.79 Å². The van der Waals surface area contributed by atoms with Crippen LogP contribution in [0, 0.1) is 11.8 Å². The van der Waals surface area contributed by atoms with E-state index in [4.69, 9.17) is 11.6 Å². The molecule has 0 bridgehead atoms. The second-order valence-electron chi connectivity index (χ2n) is 3.16. The standard InChI is InChI=1S/C13H13ClN2O/c1-2-8-15-13(17)16-9-4-6-11-5-3-7-12(14)10-11/h2-3,5,7,10H,1,8-9H2,(H2,15,16,17). The Morgan fingerprint density at radius 1 is 1.47 bits per heavy atom. The lowest BCUT2D eigenvalue weighted by Crippen LogP contribution is -2.35. The van der Waals surface area contributed by atoms with Gasteiger partial charge in [-0.2, -0.15) is 0 Å². The van der Waals surface area contributed by atoms with E-state index in [1.54, 1.807) is 18.2 Å². The summed E-state index contributed by atoms with van der Waals surface area (Å²) in [6.07, 6.45) is 1.61. The Hall–Kier alpha value is -1.92. The van der Waals surface area contributed by atoms with Gasteiger partial charge in [-0.05, 0) is 18.2 Å². The molecule has 0 heterocycles. The summed E-state index contributed by atoms with van der Waals surface area (Å²) in [6.45, 7) is 4.22. The van der Waals surface area contributed by atoms with Gasteiger partial charge in [-0.1, -0.05) is 35.6 Å². The number of urea groups is 1. The molecular formula is C13H13ClN2O. The number of carbonyl (C=O) groups excluding carboxylic acids is 1. The molecule has 17 heavy (non-hydrogen) atoms. The summed E-state index contributed by atoms with van der Waals surface area (Å²) in [7, 11) is 0. The average Bonchev–Trinajstić information content (AvgIpc) is 2.32. The summed E-state index contributed by atoms with van der Waals surface area (Å²) < 4.78 is 0. The van der Waals surface area contributed by atoms with Crippen LogP contribution in [0.4, 0.5) is 4.79 Å². The number of amides is 2. The minimum atomic E-state index is -0.259. The molecule has 0 saturated carbocycles. The molecule has 0 saturated heterocycles. The number of nitrogens with one attached hydrogen (secondary N) is 2. The first-order valence-corrected chi connectivity index (χ1v) is 5.47. The Morgan fingerprint density at radius 2 is 2.29 bits per heavy atom. The molecule has 0 aromatic heterocycles. The van der Waals surface area contributed by atoms with E-state index < -0.39 is 0 Å². The van der Waals surface area contributed by atoms with Crippen LogP contribution >= 0.6 is 11.6 Å². The Morgan fingerprint density at radius 3 is 3.00 bits per heavy atom. The molecule has 0 unspecified atom stereocenters. The first-order chi connectivity index (χ1) is 8.22. The van der Waals surface area contributed by atoms with Gasteiger partial charge in [0.15, 0.2) is 0 Å². The molecule has 0 aliphatic carbocycles. The molecule has 2 amide bonds. The zero-order chi connectivity index (χ0) is 12.5. The van der Waals surface area contributed by atoms with Crippen LogP contribution in [-0.4, -0.2) is 19.1 Å². The van der Waals surface area contributed by atoms with Gasteiger partial charge in [0.25, 0.3) is 0 Å². The summed E-state index contributed by atoms with van der Waals surface area (Å²) in [5.74, 6) is 5.73. The fraction of sp³-hybridized carbons (Fsp3) is 0.154. The predicted molar refractivity (Wildman–Crippen MR) is 69.9 cm³/mol. The van der Waals surface area contributed by atoms with Crippen molar-refractivity contribution in [1.29, 1.82) is 0 Å². The highest BCUT2D eigenvalue weighted by atomic mass is 35.5. The normalized spacial score (nSPS) is 8.76. The molecule has 0 radical (unpaired) electrons. The SMILES string of the molecule is C=CCNC(=O)NCC#Cc1cccc(Cl)c1. The summed E-state index contributed by atoms with van der Waals surface area (Å²) >= 11 is 5.81. The van der Waals surface area contributed by atoms with E-state index >= 15 is 0 Å². The molecule has 0 aliphatic heterocycles. The van der Waals surface area contributed by atoms with Gasteiger partial charge in [0.2, 0.25) is 0 Å². The number of benzene rings is 1. The number of halogens is 1. The second-order valence-corrected chi connectivity index (χ2v) is 3.60. The molecule has 4 heteroatoms. The maximum Gasteiger partial charge on any atom is 0.315 e. The second kappa shape index (κ2) is 7.37. The Labute approximate surface area is 106 Å². The molecule has 1 rings (SSSR count). The largest absolute Gasteiger partial charge is 0.335 e. The number of hydrogen-bond acceptors (Lipinski definition) is 1. The van der Waals surface area contributed by atoms with Crippen LogP contribution in [-0.2, 0) is 0 Å². The lowest BCUT2D eigenvalue weighted by molar-refractivity contribution is 0.243. The van der Waals surface area contributed by atoms with Crippen molar-refractivity contribution in [3.63, 3.8) is 0 Å². The van der Waals surface area contributed by atoms with E-state index in [0.717, 1.165) is 5.56 Å². The average molecular weight is 249 g/mol. The van der Waals surface area contributed by atoms with Crippen LogP contribution in [0.5, 0.6) is 0 Å². The van der Waals surface area contributed by atoms with Crippen molar-refractivity contribution in [2.24, 2.45) is 0 Å². The fourth-order valence-electron chi connectivity index (χ4n) is 1.06. The van der Waals surface area contributed by atoms with E-state index in [0.29, 0.717) is 11.6 Å². The smallest absolute Gasteiger partial charge is 0.315 e. The van der Waals surface area contributed by atoms with E-state index in [-0.39, 0.29) is 12.6 Å². The zero-order valence-corrected chi connectivity index (χ0v) is 10.1. The molecule has 0 atom stereocenters. The van der Waals surface area contributed by atoms with Gasteiger partial charge in [0.1, 0.15) is 0 Å².